The maximum Gasteiger partial charge on any atom is 0.257 e. The molecule has 0 aromatic carbocycles. The molecule has 2 rings (SSSR count). The number of carbonyl (C=O) groups is 1. The second kappa shape index (κ2) is 4.41. The number of hydrogen-bond acceptors (Lipinski definition) is 5. The highest BCUT2D eigenvalue weighted by Gasteiger charge is 2.06. The van der Waals surface area contributed by atoms with Gasteiger partial charge in [0.05, 0.1) is 17.4 Å². The molecule has 0 spiro atoms. The summed E-state index contributed by atoms with van der Waals surface area (Å²) in [6, 6.07) is 3.24. The normalized spacial score (nSPS) is 9.81. The Balaban J connectivity index is 2.09. The summed E-state index contributed by atoms with van der Waals surface area (Å²) in [5.74, 6) is 5.41. The summed E-state index contributed by atoms with van der Waals surface area (Å²) in [5.41, 5.74) is 3.43. The van der Waals surface area contributed by atoms with Gasteiger partial charge in [-0.15, -0.1) is 0 Å². The standard InChI is InChI=1S/C9H10N6O/c10-15-8-2-1-6(3-11-8)9(16)14-7-4-12-13-5-7/h1-5H,10H2,(H,11,15)(H,12,13)(H,14,16). The van der Waals surface area contributed by atoms with Gasteiger partial charge in [-0.05, 0) is 12.1 Å². The lowest BCUT2D eigenvalue weighted by Gasteiger charge is -2.02. The highest BCUT2D eigenvalue weighted by Crippen LogP contribution is 2.07. The first kappa shape index (κ1) is 10.1. The maximum absolute atomic E-state index is 11.7. The smallest absolute Gasteiger partial charge is 0.257 e. The quantitative estimate of drug-likeness (QED) is 0.439. The van der Waals surface area contributed by atoms with E-state index in [1.54, 1.807) is 18.3 Å². The van der Waals surface area contributed by atoms with Gasteiger partial charge < -0.3 is 10.7 Å². The second-order valence-corrected chi connectivity index (χ2v) is 3.02. The lowest BCUT2D eigenvalue weighted by molar-refractivity contribution is 0.102. The van der Waals surface area contributed by atoms with Crippen LogP contribution in [0.5, 0.6) is 0 Å². The van der Waals surface area contributed by atoms with Crippen molar-refractivity contribution in [2.75, 3.05) is 10.7 Å². The summed E-state index contributed by atoms with van der Waals surface area (Å²) < 4.78 is 0. The van der Waals surface area contributed by atoms with Crippen molar-refractivity contribution in [2.45, 2.75) is 0 Å². The zero-order valence-electron chi connectivity index (χ0n) is 8.27. The molecule has 0 saturated heterocycles. The van der Waals surface area contributed by atoms with Crippen molar-refractivity contribution in [3.05, 3.63) is 36.3 Å². The van der Waals surface area contributed by atoms with Gasteiger partial charge in [0.25, 0.3) is 5.91 Å². The number of aromatic amines is 1. The number of hydrogen-bond donors (Lipinski definition) is 4. The minimum atomic E-state index is -0.252. The van der Waals surface area contributed by atoms with Crippen LogP contribution in [0.1, 0.15) is 10.4 Å². The van der Waals surface area contributed by atoms with Crippen molar-refractivity contribution in [3.63, 3.8) is 0 Å². The molecule has 0 radical (unpaired) electrons. The molecular formula is C9H10N6O. The van der Waals surface area contributed by atoms with E-state index in [9.17, 15) is 4.79 Å². The molecule has 0 bridgehead atoms. The number of nitrogens with one attached hydrogen (secondary N) is 3. The molecule has 2 heterocycles. The number of nitrogens with two attached hydrogens (primary N) is 1. The van der Waals surface area contributed by atoms with Crippen molar-refractivity contribution in [1.82, 2.24) is 15.2 Å². The van der Waals surface area contributed by atoms with Crippen LogP contribution in [0.15, 0.2) is 30.7 Å². The molecule has 5 N–H and O–H groups in total. The molecule has 0 fully saturated rings. The largest absolute Gasteiger partial charge is 0.319 e. The molecule has 0 unspecified atom stereocenters. The average Bonchev–Trinajstić information content (AvgIpc) is 2.82. The molecule has 2 aromatic rings. The van der Waals surface area contributed by atoms with Crippen molar-refractivity contribution in [1.29, 1.82) is 0 Å². The number of pyridine rings is 1. The fraction of sp³-hybridized carbons (Fsp3) is 0. The third kappa shape index (κ3) is 2.15. The fourth-order valence-corrected chi connectivity index (χ4v) is 1.14. The molecule has 0 aliphatic carbocycles. The van der Waals surface area contributed by atoms with Crippen LogP contribution in [0.25, 0.3) is 0 Å². The number of hydrazine groups is 1. The third-order valence-electron chi connectivity index (χ3n) is 1.93. The molecule has 1 amide bonds. The van der Waals surface area contributed by atoms with E-state index >= 15 is 0 Å². The second-order valence-electron chi connectivity index (χ2n) is 3.02. The van der Waals surface area contributed by atoms with Crippen molar-refractivity contribution in [3.8, 4) is 0 Å². The fourth-order valence-electron chi connectivity index (χ4n) is 1.14. The van der Waals surface area contributed by atoms with Crippen molar-refractivity contribution in [2.24, 2.45) is 5.84 Å². The minimum Gasteiger partial charge on any atom is -0.319 e. The summed E-state index contributed by atoms with van der Waals surface area (Å²) in [6.45, 7) is 0. The first-order chi connectivity index (χ1) is 7.79. The molecular weight excluding hydrogens is 208 g/mol. The van der Waals surface area contributed by atoms with Crippen LogP contribution in [0.4, 0.5) is 11.5 Å². The number of nitrogen functional groups attached to an aromatic ring is 1. The summed E-state index contributed by atoms with van der Waals surface area (Å²) in [7, 11) is 0. The molecule has 0 aliphatic heterocycles. The number of H-pyrrole nitrogens is 1. The van der Waals surface area contributed by atoms with E-state index in [1.165, 1.54) is 12.4 Å². The van der Waals surface area contributed by atoms with E-state index in [1.807, 2.05) is 0 Å². The van der Waals surface area contributed by atoms with E-state index < -0.39 is 0 Å². The number of anilines is 2. The van der Waals surface area contributed by atoms with Crippen LogP contribution >= 0.6 is 0 Å². The average molecular weight is 218 g/mol. The highest BCUT2D eigenvalue weighted by atomic mass is 16.1. The molecule has 0 saturated carbocycles. The number of amides is 1. The molecule has 16 heavy (non-hydrogen) atoms. The summed E-state index contributed by atoms with van der Waals surface area (Å²) in [4.78, 5) is 15.6. The molecule has 7 nitrogen and oxygen atoms in total. The first-order valence-electron chi connectivity index (χ1n) is 4.52. The van der Waals surface area contributed by atoms with Crippen LogP contribution in [-0.4, -0.2) is 21.1 Å². The van der Waals surface area contributed by atoms with Gasteiger partial charge in [-0.25, -0.2) is 10.8 Å². The van der Waals surface area contributed by atoms with Crippen LogP contribution in [0.2, 0.25) is 0 Å². The van der Waals surface area contributed by atoms with Gasteiger partial charge in [-0.2, -0.15) is 5.10 Å². The van der Waals surface area contributed by atoms with Gasteiger partial charge in [0.1, 0.15) is 5.82 Å². The van der Waals surface area contributed by atoms with Crippen LogP contribution in [0, 0.1) is 0 Å². The van der Waals surface area contributed by atoms with Crippen LogP contribution in [-0.2, 0) is 0 Å². The Morgan fingerprint density at radius 3 is 2.81 bits per heavy atom. The third-order valence-corrected chi connectivity index (χ3v) is 1.93. The Morgan fingerprint density at radius 2 is 2.25 bits per heavy atom. The van der Waals surface area contributed by atoms with E-state index in [4.69, 9.17) is 5.84 Å². The number of rotatable bonds is 3. The summed E-state index contributed by atoms with van der Waals surface area (Å²) >= 11 is 0. The van der Waals surface area contributed by atoms with Gasteiger partial charge in [0.2, 0.25) is 0 Å². The van der Waals surface area contributed by atoms with E-state index in [0.29, 0.717) is 17.1 Å². The van der Waals surface area contributed by atoms with E-state index in [2.05, 4.69) is 25.9 Å². The lowest BCUT2D eigenvalue weighted by atomic mass is 10.2. The van der Waals surface area contributed by atoms with Gasteiger partial charge in [-0.3, -0.25) is 9.89 Å². The first-order valence-corrected chi connectivity index (χ1v) is 4.52. The predicted octanol–water partition coefficient (Wildman–Crippen LogP) is 0.343. The van der Waals surface area contributed by atoms with E-state index in [0.717, 1.165) is 0 Å². The number of carbonyl (C=O) groups excluding carboxylic acids is 1. The zero-order chi connectivity index (χ0) is 11.4. The van der Waals surface area contributed by atoms with Crippen molar-refractivity contribution >= 4 is 17.4 Å². The van der Waals surface area contributed by atoms with Gasteiger partial charge >= 0.3 is 0 Å². The molecule has 7 heteroatoms. The van der Waals surface area contributed by atoms with Gasteiger partial charge in [0, 0.05) is 12.4 Å². The lowest BCUT2D eigenvalue weighted by Crippen LogP contribution is -2.13. The number of aromatic nitrogens is 3. The Bertz CT molecular complexity index is 463. The predicted molar refractivity (Wildman–Crippen MR) is 58.6 cm³/mol. The number of nitrogens with zero attached hydrogens (tertiary/aromatic N) is 2. The minimum absolute atomic E-state index is 0.252. The van der Waals surface area contributed by atoms with Gasteiger partial charge in [-0.1, -0.05) is 0 Å². The van der Waals surface area contributed by atoms with E-state index in [-0.39, 0.29) is 5.91 Å². The van der Waals surface area contributed by atoms with Crippen molar-refractivity contribution < 1.29 is 4.79 Å². The summed E-state index contributed by atoms with van der Waals surface area (Å²) in [5, 5.41) is 8.96. The maximum atomic E-state index is 11.7. The van der Waals surface area contributed by atoms with Crippen LogP contribution in [0.3, 0.4) is 0 Å². The zero-order valence-corrected chi connectivity index (χ0v) is 8.27. The Labute approximate surface area is 91.0 Å². The summed E-state index contributed by atoms with van der Waals surface area (Å²) in [6.07, 6.45) is 4.53. The Hall–Kier alpha value is -2.41. The Morgan fingerprint density at radius 1 is 1.38 bits per heavy atom. The van der Waals surface area contributed by atoms with Gasteiger partial charge in [0.15, 0.2) is 0 Å². The molecule has 82 valence electrons. The molecule has 2 aromatic heterocycles. The topological polar surface area (TPSA) is 109 Å². The molecule has 0 atom stereocenters. The van der Waals surface area contributed by atoms with Crippen LogP contribution < -0.4 is 16.6 Å². The molecule has 0 aliphatic rings. The highest BCUT2D eigenvalue weighted by molar-refractivity contribution is 6.03. The SMILES string of the molecule is NNc1ccc(C(=O)Nc2cn[nH]c2)cn1. The monoisotopic (exact) mass is 218 g/mol. The Kier molecular flexibility index (Phi) is 2.79.